The molecule has 0 amide bonds. The number of aromatic hydroxyl groups is 2. The van der Waals surface area contributed by atoms with Gasteiger partial charge in [-0.2, -0.15) is 0 Å². The molecule has 0 radical (unpaired) electrons. The fourth-order valence-electron chi connectivity index (χ4n) is 6.90. The van der Waals surface area contributed by atoms with Crippen molar-refractivity contribution < 1.29 is 29.2 Å². The van der Waals surface area contributed by atoms with Gasteiger partial charge in [0.05, 0.1) is 7.11 Å². The summed E-state index contributed by atoms with van der Waals surface area (Å²) < 4.78 is 25.2. The van der Waals surface area contributed by atoms with Crippen LogP contribution in [-0.2, 0) is 25.7 Å². The van der Waals surface area contributed by atoms with E-state index in [9.17, 15) is 10.2 Å². The summed E-state index contributed by atoms with van der Waals surface area (Å²) in [5.74, 6) is 3.90. The zero-order valence-corrected chi connectivity index (χ0v) is 23.6. The second-order valence-electron chi connectivity index (χ2n) is 11.6. The van der Waals surface area contributed by atoms with Gasteiger partial charge < -0.3 is 34.5 Å². The van der Waals surface area contributed by atoms with Crippen LogP contribution in [0.5, 0.6) is 51.7 Å². The monoisotopic (exact) mass is 564 g/mol. The Morgan fingerprint density at radius 1 is 0.857 bits per heavy atom. The second-order valence-corrected chi connectivity index (χ2v) is 11.6. The van der Waals surface area contributed by atoms with E-state index in [2.05, 4.69) is 29.4 Å². The van der Waals surface area contributed by atoms with E-state index in [-0.39, 0.29) is 23.6 Å². The Morgan fingerprint density at radius 3 is 2.48 bits per heavy atom. The molecule has 0 spiro atoms. The quantitative estimate of drug-likeness (QED) is 0.218. The number of benzene rings is 4. The Bertz CT molecular complexity index is 1730. The maximum absolute atomic E-state index is 11.4. The van der Waals surface area contributed by atoms with Gasteiger partial charge in [0.2, 0.25) is 11.5 Å². The summed E-state index contributed by atoms with van der Waals surface area (Å²) in [4.78, 5) is 2.30. The molecule has 3 N–H and O–H groups in total. The third-order valence-electron chi connectivity index (χ3n) is 9.10. The lowest BCUT2D eigenvalue weighted by molar-refractivity contribution is 0.215. The molecule has 5 heterocycles. The number of hydrogen-bond acceptors (Lipinski definition) is 8. The first-order valence-electron chi connectivity index (χ1n) is 14.5. The minimum Gasteiger partial charge on any atom is -0.504 e. The summed E-state index contributed by atoms with van der Waals surface area (Å²) in [6.45, 7) is 1.61. The van der Waals surface area contributed by atoms with E-state index in [4.69, 9.17) is 18.9 Å². The molecule has 0 unspecified atom stereocenters. The first kappa shape index (κ1) is 25.3. The Kier molecular flexibility index (Phi) is 5.77. The van der Waals surface area contributed by atoms with Gasteiger partial charge in [0.15, 0.2) is 34.5 Å². The van der Waals surface area contributed by atoms with Crippen LogP contribution in [0.15, 0.2) is 54.6 Å². The van der Waals surface area contributed by atoms with Crippen LogP contribution in [0.3, 0.4) is 0 Å². The second kappa shape index (κ2) is 9.58. The van der Waals surface area contributed by atoms with Crippen LogP contribution in [0.1, 0.15) is 45.5 Å². The van der Waals surface area contributed by atoms with Gasteiger partial charge in [-0.3, -0.25) is 4.90 Å². The van der Waals surface area contributed by atoms with E-state index in [0.29, 0.717) is 59.5 Å². The average molecular weight is 565 g/mol. The Balaban J connectivity index is 1.34. The molecule has 8 heteroatoms. The summed E-state index contributed by atoms with van der Waals surface area (Å²) >= 11 is 0. The molecular weight excluding hydrogens is 532 g/mol. The zero-order valence-electron chi connectivity index (χ0n) is 23.6. The lowest BCUT2D eigenvalue weighted by Crippen LogP contribution is -2.34. The molecule has 5 aliphatic heterocycles. The van der Waals surface area contributed by atoms with Crippen molar-refractivity contribution in [2.45, 2.75) is 37.8 Å². The Labute approximate surface area is 244 Å². The van der Waals surface area contributed by atoms with Crippen molar-refractivity contribution in [1.29, 1.82) is 0 Å². The number of nitrogens with one attached hydrogen (secondary N) is 1. The average Bonchev–Trinajstić information content (AvgIpc) is 2.99. The van der Waals surface area contributed by atoms with Gasteiger partial charge in [0, 0.05) is 29.8 Å². The first-order chi connectivity index (χ1) is 20.5. The predicted octanol–water partition coefficient (Wildman–Crippen LogP) is 6.31. The van der Waals surface area contributed by atoms with E-state index in [0.717, 1.165) is 47.3 Å². The van der Waals surface area contributed by atoms with Gasteiger partial charge in [-0.1, -0.05) is 18.2 Å². The molecule has 0 fully saturated rings. The molecule has 5 aliphatic rings. The van der Waals surface area contributed by atoms with Gasteiger partial charge in [-0.25, -0.2) is 0 Å². The highest BCUT2D eigenvalue weighted by atomic mass is 16.6. The van der Waals surface area contributed by atoms with Crippen molar-refractivity contribution in [3.8, 4) is 51.7 Å². The topological polar surface area (TPSA) is 92.7 Å². The van der Waals surface area contributed by atoms with Crippen LogP contribution in [0.4, 0.5) is 0 Å². The summed E-state index contributed by atoms with van der Waals surface area (Å²) in [6.07, 6.45) is 2.92. The van der Waals surface area contributed by atoms with Crippen LogP contribution in [0, 0.1) is 0 Å². The lowest BCUT2D eigenvalue weighted by atomic mass is 9.86. The number of nitrogens with zero attached hydrogens (tertiary/aromatic N) is 1. The minimum absolute atomic E-state index is 0.0433. The largest absolute Gasteiger partial charge is 0.504 e. The SMILES string of the molecule is COc1c(O)c2c3c4c1Oc1cc5c(cc1O4)[C@@H](Cc1ccc(O)c(c1)Oc1ccc(cc1)C[C@@H]3N(C)CC2)NCC5. The molecule has 0 aliphatic carbocycles. The fourth-order valence-corrected chi connectivity index (χ4v) is 6.90. The maximum Gasteiger partial charge on any atom is 0.216 e. The van der Waals surface area contributed by atoms with Crippen molar-refractivity contribution in [2.24, 2.45) is 0 Å². The summed E-state index contributed by atoms with van der Waals surface area (Å²) in [6, 6.07) is 17.6. The van der Waals surface area contributed by atoms with Crippen molar-refractivity contribution in [1.82, 2.24) is 10.2 Å². The van der Waals surface area contributed by atoms with E-state index >= 15 is 0 Å². The number of likely N-dealkylation sites (N-methyl/N-ethyl adjacent to an activating group) is 1. The van der Waals surface area contributed by atoms with E-state index in [1.807, 2.05) is 36.4 Å². The number of hydrogen-bond donors (Lipinski definition) is 3. The standard InChI is InChI=1S/C34H32N2O6/c1-36-12-10-22-30-25(36)14-18-3-6-21(7-4-18)40-27-15-19(5-8-26(27)37)13-24-23-17-29-28(16-20(23)9-11-35-24)42-34(32(30)41-29)33(39-2)31(22)38/h3-8,15-17,24-25,35,37-38H,9-14H2,1-2H3/t24-,25+/m1/s1. The van der Waals surface area contributed by atoms with E-state index in [1.54, 1.807) is 13.2 Å². The summed E-state index contributed by atoms with van der Waals surface area (Å²) in [7, 11) is 3.66. The van der Waals surface area contributed by atoms with E-state index < -0.39 is 0 Å². The minimum atomic E-state index is -0.0668. The molecule has 0 aromatic heterocycles. The molecule has 2 atom stereocenters. The fraction of sp³-hybridized carbons (Fsp3) is 0.294. The zero-order chi connectivity index (χ0) is 28.5. The maximum atomic E-state index is 11.4. The van der Waals surface area contributed by atoms with Crippen molar-refractivity contribution in [3.05, 3.63) is 88.0 Å². The van der Waals surface area contributed by atoms with Crippen LogP contribution in [-0.4, -0.2) is 42.4 Å². The molecule has 0 saturated carbocycles. The van der Waals surface area contributed by atoms with Crippen LogP contribution in [0.25, 0.3) is 0 Å². The van der Waals surface area contributed by atoms with Gasteiger partial charge in [-0.05, 0) is 97.9 Å². The molecule has 4 aromatic carbocycles. The number of phenols is 2. The highest BCUT2D eigenvalue weighted by Crippen LogP contribution is 2.59. The summed E-state index contributed by atoms with van der Waals surface area (Å²) in [5, 5.41) is 25.7. The summed E-state index contributed by atoms with van der Waals surface area (Å²) in [5.41, 5.74) is 6.26. The molecule has 7 bridgehead atoms. The van der Waals surface area contributed by atoms with Gasteiger partial charge in [-0.15, -0.1) is 0 Å². The van der Waals surface area contributed by atoms with Gasteiger partial charge >= 0.3 is 0 Å². The lowest BCUT2D eigenvalue weighted by Gasteiger charge is -2.38. The van der Waals surface area contributed by atoms with Gasteiger partial charge in [0.25, 0.3) is 0 Å². The van der Waals surface area contributed by atoms with Crippen LogP contribution < -0.4 is 24.3 Å². The first-order valence-corrected chi connectivity index (χ1v) is 14.5. The third-order valence-corrected chi connectivity index (χ3v) is 9.10. The van der Waals surface area contributed by atoms with Crippen molar-refractivity contribution in [3.63, 3.8) is 0 Å². The molecule has 8 nitrogen and oxygen atoms in total. The molecule has 214 valence electrons. The highest BCUT2D eigenvalue weighted by molar-refractivity contribution is 5.72. The number of methoxy groups -OCH3 is 1. The van der Waals surface area contributed by atoms with Crippen molar-refractivity contribution >= 4 is 0 Å². The number of ether oxygens (including phenoxy) is 4. The Morgan fingerprint density at radius 2 is 1.64 bits per heavy atom. The molecular formula is C34H32N2O6. The number of rotatable bonds is 1. The van der Waals surface area contributed by atoms with Gasteiger partial charge in [0.1, 0.15) is 5.75 Å². The smallest absolute Gasteiger partial charge is 0.216 e. The number of fused-ring (bicyclic) bond motifs is 2. The molecule has 42 heavy (non-hydrogen) atoms. The van der Waals surface area contributed by atoms with Crippen molar-refractivity contribution in [2.75, 3.05) is 27.2 Å². The normalized spacial score (nSPS) is 20.1. The van der Waals surface area contributed by atoms with E-state index in [1.165, 1.54) is 5.56 Å². The third kappa shape index (κ3) is 3.97. The molecule has 0 saturated heterocycles. The predicted molar refractivity (Wildman–Crippen MR) is 157 cm³/mol. The molecule has 4 aromatic rings. The Hall–Kier alpha value is -4.40. The van der Waals surface area contributed by atoms with Crippen LogP contribution in [0.2, 0.25) is 0 Å². The van der Waals surface area contributed by atoms with Crippen LogP contribution >= 0.6 is 0 Å². The highest BCUT2D eigenvalue weighted by Gasteiger charge is 2.39. The number of phenolic OH excluding ortho intramolecular Hbond substituents is 2. The molecule has 9 rings (SSSR count).